The van der Waals surface area contributed by atoms with Gasteiger partial charge in [0.25, 0.3) is 10.1 Å². The van der Waals surface area contributed by atoms with E-state index in [-0.39, 0.29) is 11.5 Å². The lowest BCUT2D eigenvalue weighted by molar-refractivity contribution is 0.314. The van der Waals surface area contributed by atoms with Gasteiger partial charge in [0, 0.05) is 4.47 Å². The SMILES string of the molecule is NCCCOS(=O)(=O)c1ccc(Br)cc1. The third-order valence-electron chi connectivity index (χ3n) is 1.69. The van der Waals surface area contributed by atoms with Crippen LogP contribution in [0, 0.1) is 0 Å². The van der Waals surface area contributed by atoms with E-state index in [4.69, 9.17) is 9.92 Å². The Labute approximate surface area is 97.7 Å². The van der Waals surface area contributed by atoms with E-state index in [0.717, 1.165) is 4.47 Å². The van der Waals surface area contributed by atoms with Gasteiger partial charge >= 0.3 is 0 Å². The molecule has 0 saturated heterocycles. The van der Waals surface area contributed by atoms with Crippen molar-refractivity contribution in [1.29, 1.82) is 0 Å². The quantitative estimate of drug-likeness (QED) is 0.660. The van der Waals surface area contributed by atoms with Crippen molar-refractivity contribution in [3.05, 3.63) is 28.7 Å². The molecule has 0 aromatic heterocycles. The molecule has 15 heavy (non-hydrogen) atoms. The molecule has 4 nitrogen and oxygen atoms in total. The minimum atomic E-state index is -3.63. The lowest BCUT2D eigenvalue weighted by atomic mass is 10.4. The van der Waals surface area contributed by atoms with Crippen LogP contribution in [0.2, 0.25) is 0 Å². The van der Waals surface area contributed by atoms with Crippen LogP contribution in [0.3, 0.4) is 0 Å². The van der Waals surface area contributed by atoms with E-state index in [9.17, 15) is 8.42 Å². The number of rotatable bonds is 5. The van der Waals surface area contributed by atoms with Gasteiger partial charge in [0.05, 0.1) is 11.5 Å². The van der Waals surface area contributed by atoms with Crippen molar-refractivity contribution in [1.82, 2.24) is 0 Å². The molecule has 0 amide bonds. The molecule has 0 saturated carbocycles. The average molecular weight is 294 g/mol. The molecule has 0 unspecified atom stereocenters. The summed E-state index contributed by atoms with van der Waals surface area (Å²) in [6.07, 6.45) is 0.524. The van der Waals surface area contributed by atoms with Gasteiger partial charge in [-0.1, -0.05) is 15.9 Å². The molecule has 0 radical (unpaired) electrons. The minimum Gasteiger partial charge on any atom is -0.330 e. The molecule has 0 aliphatic rings. The Hall–Kier alpha value is -0.430. The van der Waals surface area contributed by atoms with Gasteiger partial charge in [-0.15, -0.1) is 0 Å². The van der Waals surface area contributed by atoms with E-state index in [0.29, 0.717) is 13.0 Å². The number of hydrogen-bond acceptors (Lipinski definition) is 4. The summed E-state index contributed by atoms with van der Waals surface area (Å²) in [5.74, 6) is 0. The largest absolute Gasteiger partial charge is 0.330 e. The van der Waals surface area contributed by atoms with Gasteiger partial charge in [0.15, 0.2) is 0 Å². The first-order chi connectivity index (χ1) is 7.06. The summed E-state index contributed by atoms with van der Waals surface area (Å²) in [5.41, 5.74) is 5.24. The number of halogens is 1. The predicted octanol–water partition coefficient (Wildman–Crippen LogP) is 1.50. The minimum absolute atomic E-state index is 0.120. The van der Waals surface area contributed by atoms with Crippen LogP contribution in [0.5, 0.6) is 0 Å². The van der Waals surface area contributed by atoms with Crippen molar-refractivity contribution >= 4 is 26.0 Å². The fourth-order valence-corrected chi connectivity index (χ4v) is 2.13. The lowest BCUT2D eigenvalue weighted by Gasteiger charge is -2.04. The zero-order valence-electron chi connectivity index (χ0n) is 8.02. The molecular formula is C9H12BrNO3S. The van der Waals surface area contributed by atoms with E-state index < -0.39 is 10.1 Å². The molecule has 0 spiro atoms. The molecule has 0 atom stereocenters. The third kappa shape index (κ3) is 3.90. The Morgan fingerprint density at radius 2 is 1.87 bits per heavy atom. The van der Waals surface area contributed by atoms with Gasteiger partial charge in [-0.2, -0.15) is 8.42 Å². The van der Waals surface area contributed by atoms with Gasteiger partial charge in [-0.05, 0) is 37.2 Å². The van der Waals surface area contributed by atoms with Crippen molar-refractivity contribution in [2.24, 2.45) is 5.73 Å². The van der Waals surface area contributed by atoms with Crippen molar-refractivity contribution in [2.75, 3.05) is 13.2 Å². The first-order valence-corrected chi connectivity index (χ1v) is 6.61. The van der Waals surface area contributed by atoms with E-state index in [1.165, 1.54) is 12.1 Å². The van der Waals surface area contributed by atoms with Gasteiger partial charge in [-0.3, -0.25) is 4.18 Å². The molecule has 0 aliphatic heterocycles. The number of hydrogen-bond donors (Lipinski definition) is 1. The Balaban J connectivity index is 2.73. The Morgan fingerprint density at radius 3 is 2.40 bits per heavy atom. The van der Waals surface area contributed by atoms with Crippen LogP contribution in [0.4, 0.5) is 0 Å². The first kappa shape index (κ1) is 12.6. The maximum absolute atomic E-state index is 11.5. The van der Waals surface area contributed by atoms with E-state index >= 15 is 0 Å². The highest BCUT2D eigenvalue weighted by Crippen LogP contribution is 2.16. The molecule has 6 heteroatoms. The van der Waals surface area contributed by atoms with Gasteiger partial charge in [0.2, 0.25) is 0 Å². The molecule has 0 fully saturated rings. The summed E-state index contributed by atoms with van der Waals surface area (Å²) in [7, 11) is -3.63. The maximum Gasteiger partial charge on any atom is 0.296 e. The van der Waals surface area contributed by atoms with Crippen LogP contribution in [-0.2, 0) is 14.3 Å². The molecule has 1 aromatic carbocycles. The zero-order valence-corrected chi connectivity index (χ0v) is 10.4. The smallest absolute Gasteiger partial charge is 0.296 e. The highest BCUT2D eigenvalue weighted by Gasteiger charge is 2.13. The number of nitrogens with two attached hydrogens (primary N) is 1. The van der Waals surface area contributed by atoms with Crippen LogP contribution < -0.4 is 5.73 Å². The molecule has 84 valence electrons. The summed E-state index contributed by atoms with van der Waals surface area (Å²) in [4.78, 5) is 0.155. The monoisotopic (exact) mass is 293 g/mol. The predicted molar refractivity (Wildman–Crippen MR) is 61.0 cm³/mol. The molecule has 0 aliphatic carbocycles. The summed E-state index contributed by atoms with van der Waals surface area (Å²) in [6.45, 7) is 0.532. The Kier molecular flexibility index (Phi) is 4.72. The van der Waals surface area contributed by atoms with Gasteiger partial charge in [0.1, 0.15) is 0 Å². The normalized spacial score (nSPS) is 11.6. The summed E-state index contributed by atoms with van der Waals surface area (Å²) >= 11 is 3.22. The first-order valence-electron chi connectivity index (χ1n) is 4.41. The Morgan fingerprint density at radius 1 is 1.27 bits per heavy atom. The zero-order chi connectivity index (χ0) is 11.3. The summed E-state index contributed by atoms with van der Waals surface area (Å²) in [6, 6.07) is 6.28. The molecule has 0 bridgehead atoms. The highest BCUT2D eigenvalue weighted by atomic mass is 79.9. The second kappa shape index (κ2) is 5.60. The Bertz CT molecular complexity index is 402. The molecule has 1 aromatic rings. The topological polar surface area (TPSA) is 69.4 Å². The van der Waals surface area contributed by atoms with Crippen molar-refractivity contribution < 1.29 is 12.6 Å². The molecule has 2 N–H and O–H groups in total. The third-order valence-corrected chi connectivity index (χ3v) is 3.54. The van der Waals surface area contributed by atoms with Crippen LogP contribution in [-0.4, -0.2) is 21.6 Å². The second-order valence-corrected chi connectivity index (χ2v) is 5.40. The van der Waals surface area contributed by atoms with Crippen molar-refractivity contribution in [3.8, 4) is 0 Å². The molecular weight excluding hydrogens is 282 g/mol. The maximum atomic E-state index is 11.5. The van der Waals surface area contributed by atoms with Crippen molar-refractivity contribution in [2.45, 2.75) is 11.3 Å². The standard InChI is InChI=1S/C9H12BrNO3S/c10-8-2-4-9(5-3-8)15(12,13)14-7-1-6-11/h2-5H,1,6-7,11H2. The van der Waals surface area contributed by atoms with Crippen LogP contribution in [0.15, 0.2) is 33.6 Å². The number of benzene rings is 1. The lowest BCUT2D eigenvalue weighted by Crippen LogP contribution is -2.10. The fourth-order valence-electron chi connectivity index (χ4n) is 0.921. The van der Waals surface area contributed by atoms with E-state index in [1.807, 2.05) is 0 Å². The van der Waals surface area contributed by atoms with Gasteiger partial charge in [-0.25, -0.2) is 0 Å². The van der Waals surface area contributed by atoms with Crippen molar-refractivity contribution in [3.63, 3.8) is 0 Å². The molecule has 1 rings (SSSR count). The average Bonchev–Trinajstić information content (AvgIpc) is 2.18. The molecule has 0 heterocycles. The van der Waals surface area contributed by atoms with E-state index in [1.54, 1.807) is 12.1 Å². The summed E-state index contributed by atoms with van der Waals surface area (Å²) in [5, 5.41) is 0. The summed E-state index contributed by atoms with van der Waals surface area (Å²) < 4.78 is 28.7. The van der Waals surface area contributed by atoms with Crippen LogP contribution >= 0.6 is 15.9 Å². The van der Waals surface area contributed by atoms with Crippen LogP contribution in [0.25, 0.3) is 0 Å². The van der Waals surface area contributed by atoms with Crippen LogP contribution in [0.1, 0.15) is 6.42 Å². The second-order valence-electron chi connectivity index (χ2n) is 2.87. The highest BCUT2D eigenvalue weighted by molar-refractivity contribution is 9.10. The van der Waals surface area contributed by atoms with Gasteiger partial charge < -0.3 is 5.73 Å². The fraction of sp³-hybridized carbons (Fsp3) is 0.333. The van der Waals surface area contributed by atoms with E-state index in [2.05, 4.69) is 15.9 Å².